The van der Waals surface area contributed by atoms with Crippen LogP contribution in [0.5, 0.6) is 0 Å². The summed E-state index contributed by atoms with van der Waals surface area (Å²) in [6.07, 6.45) is 6.36. The Morgan fingerprint density at radius 3 is 2.74 bits per heavy atom. The first-order chi connectivity index (χ1) is 13.0. The van der Waals surface area contributed by atoms with Crippen molar-refractivity contribution in [1.29, 1.82) is 0 Å². The smallest absolute Gasteiger partial charge is 0.318 e. The van der Waals surface area contributed by atoms with Crippen molar-refractivity contribution in [2.45, 2.75) is 46.2 Å². The van der Waals surface area contributed by atoms with Crippen LogP contribution in [0.1, 0.15) is 50.7 Å². The monoisotopic (exact) mass is 371 g/mol. The Labute approximate surface area is 160 Å². The van der Waals surface area contributed by atoms with Gasteiger partial charge in [0.15, 0.2) is 5.82 Å². The fourth-order valence-corrected chi connectivity index (χ4v) is 3.48. The number of amides is 2. The van der Waals surface area contributed by atoms with E-state index >= 15 is 0 Å². The molecule has 1 unspecified atom stereocenters. The number of nitrogens with zero attached hydrogens (tertiary/aromatic N) is 6. The number of hydrogen-bond donors (Lipinski definition) is 1. The van der Waals surface area contributed by atoms with E-state index in [1.807, 2.05) is 34.9 Å². The Morgan fingerprint density at radius 2 is 2.00 bits per heavy atom. The van der Waals surface area contributed by atoms with Gasteiger partial charge in [0.2, 0.25) is 0 Å². The minimum atomic E-state index is -0.191. The highest BCUT2D eigenvalue weighted by Gasteiger charge is 2.23. The topological polar surface area (TPSA) is 79.2 Å². The highest BCUT2D eigenvalue weighted by molar-refractivity contribution is 5.74. The molecule has 1 fully saturated rings. The lowest BCUT2D eigenvalue weighted by atomic mass is 10.2. The largest absolute Gasteiger partial charge is 0.369 e. The maximum atomic E-state index is 12.8. The zero-order valence-electron chi connectivity index (χ0n) is 16.6. The Balaban J connectivity index is 1.61. The van der Waals surface area contributed by atoms with Gasteiger partial charge in [0.1, 0.15) is 6.33 Å². The Hall–Kier alpha value is -2.64. The number of hydrogen-bond acceptors (Lipinski definition) is 5. The van der Waals surface area contributed by atoms with Gasteiger partial charge in [-0.1, -0.05) is 0 Å². The van der Waals surface area contributed by atoms with E-state index in [0.717, 1.165) is 37.4 Å². The van der Waals surface area contributed by atoms with Crippen molar-refractivity contribution in [2.24, 2.45) is 0 Å². The molecule has 8 nitrogen and oxygen atoms in total. The quantitative estimate of drug-likeness (QED) is 0.893. The zero-order valence-corrected chi connectivity index (χ0v) is 16.6. The lowest BCUT2D eigenvalue weighted by molar-refractivity contribution is 0.197. The van der Waals surface area contributed by atoms with Gasteiger partial charge in [-0.15, -0.1) is 10.2 Å². The van der Waals surface area contributed by atoms with Gasteiger partial charge >= 0.3 is 6.03 Å². The number of aromatic nitrogens is 4. The van der Waals surface area contributed by atoms with Gasteiger partial charge in [-0.3, -0.25) is 4.98 Å². The predicted octanol–water partition coefficient (Wildman–Crippen LogP) is 2.55. The molecule has 1 atom stereocenters. The van der Waals surface area contributed by atoms with Gasteiger partial charge < -0.3 is 19.7 Å². The number of carbonyl (C=O) groups is 1. The number of nitrogens with one attached hydrogen (secondary N) is 1. The molecule has 0 bridgehead atoms. The van der Waals surface area contributed by atoms with Crippen molar-refractivity contribution in [3.05, 3.63) is 36.2 Å². The number of urea groups is 1. The number of rotatable bonds is 4. The highest BCUT2D eigenvalue weighted by atomic mass is 16.2. The summed E-state index contributed by atoms with van der Waals surface area (Å²) in [4.78, 5) is 21.2. The normalized spacial score (nSPS) is 16.3. The predicted molar refractivity (Wildman–Crippen MR) is 105 cm³/mol. The third-order valence-electron chi connectivity index (χ3n) is 5.00. The molecule has 146 valence electrons. The fourth-order valence-electron chi connectivity index (χ4n) is 3.48. The summed E-state index contributed by atoms with van der Waals surface area (Å²) in [5, 5.41) is 11.2. The fraction of sp³-hybridized carbons (Fsp3) is 0.579. The second kappa shape index (κ2) is 8.37. The third kappa shape index (κ3) is 4.37. The van der Waals surface area contributed by atoms with Crippen molar-refractivity contribution < 1.29 is 4.79 Å². The van der Waals surface area contributed by atoms with E-state index in [9.17, 15) is 4.79 Å². The van der Waals surface area contributed by atoms with Crippen molar-refractivity contribution >= 4 is 11.7 Å². The molecule has 1 aliphatic heterocycles. The number of anilines is 1. The molecule has 0 saturated carbocycles. The summed E-state index contributed by atoms with van der Waals surface area (Å²) in [5.74, 6) is 0.780. The SMILES string of the molecule is Cc1cnccc1N1CCCN(C(=O)NC(C)c2nncn2C(C)C)CC1. The van der Waals surface area contributed by atoms with E-state index in [2.05, 4.69) is 46.2 Å². The van der Waals surface area contributed by atoms with Crippen molar-refractivity contribution in [3.63, 3.8) is 0 Å². The maximum absolute atomic E-state index is 12.8. The summed E-state index contributed by atoms with van der Waals surface area (Å²) < 4.78 is 1.99. The van der Waals surface area contributed by atoms with Crippen LogP contribution in [0.2, 0.25) is 0 Å². The van der Waals surface area contributed by atoms with E-state index in [-0.39, 0.29) is 18.1 Å². The molecule has 27 heavy (non-hydrogen) atoms. The van der Waals surface area contributed by atoms with Crippen molar-refractivity contribution in [1.82, 2.24) is 30.0 Å². The van der Waals surface area contributed by atoms with E-state index in [0.29, 0.717) is 6.54 Å². The van der Waals surface area contributed by atoms with E-state index < -0.39 is 0 Å². The molecular weight excluding hydrogens is 342 g/mol. The van der Waals surface area contributed by atoms with Crippen LogP contribution in [0.3, 0.4) is 0 Å². The highest BCUT2D eigenvalue weighted by Crippen LogP contribution is 2.20. The van der Waals surface area contributed by atoms with E-state index in [1.165, 1.54) is 5.69 Å². The Kier molecular flexibility index (Phi) is 5.93. The first kappa shape index (κ1) is 19.1. The van der Waals surface area contributed by atoms with Gasteiger partial charge in [-0.05, 0) is 45.7 Å². The molecule has 3 heterocycles. The minimum absolute atomic E-state index is 0.0471. The molecule has 2 amide bonds. The molecule has 1 aliphatic rings. The van der Waals surface area contributed by atoms with Crippen LogP contribution in [0.15, 0.2) is 24.8 Å². The summed E-state index contributed by atoms with van der Waals surface area (Å²) >= 11 is 0. The molecule has 0 spiro atoms. The van der Waals surface area contributed by atoms with Crippen LogP contribution in [0, 0.1) is 6.92 Å². The molecule has 2 aromatic rings. The maximum Gasteiger partial charge on any atom is 0.318 e. The molecule has 1 N–H and O–H groups in total. The number of carbonyl (C=O) groups excluding carboxylic acids is 1. The molecule has 0 aromatic carbocycles. The van der Waals surface area contributed by atoms with Crippen molar-refractivity contribution in [3.8, 4) is 0 Å². The second-order valence-corrected chi connectivity index (χ2v) is 7.35. The van der Waals surface area contributed by atoms with Crippen LogP contribution in [0.25, 0.3) is 0 Å². The standard InChI is InChI=1S/C19H29N7O/c1-14(2)26-13-21-23-18(26)16(4)22-19(27)25-9-5-8-24(10-11-25)17-6-7-20-12-15(17)3/h6-7,12-14,16H,5,8-11H2,1-4H3,(H,22,27). The lowest BCUT2D eigenvalue weighted by Crippen LogP contribution is -2.43. The van der Waals surface area contributed by atoms with Gasteiger partial charge in [-0.25, -0.2) is 4.79 Å². The molecule has 3 rings (SSSR count). The third-order valence-corrected chi connectivity index (χ3v) is 5.00. The van der Waals surface area contributed by atoms with Crippen LogP contribution in [0.4, 0.5) is 10.5 Å². The van der Waals surface area contributed by atoms with Crippen LogP contribution in [-0.4, -0.2) is 56.9 Å². The molecule has 8 heteroatoms. The van der Waals surface area contributed by atoms with Crippen LogP contribution < -0.4 is 10.2 Å². The summed E-state index contributed by atoms with van der Waals surface area (Å²) in [6, 6.07) is 2.06. The second-order valence-electron chi connectivity index (χ2n) is 7.35. The van der Waals surface area contributed by atoms with E-state index in [4.69, 9.17) is 0 Å². The summed E-state index contributed by atoms with van der Waals surface area (Å²) in [5.41, 5.74) is 2.36. The number of aryl methyl sites for hydroxylation is 1. The summed E-state index contributed by atoms with van der Waals surface area (Å²) in [7, 11) is 0. The lowest BCUT2D eigenvalue weighted by Gasteiger charge is -2.26. The first-order valence-electron chi connectivity index (χ1n) is 9.57. The van der Waals surface area contributed by atoms with Gasteiger partial charge in [-0.2, -0.15) is 0 Å². The average molecular weight is 371 g/mol. The molecule has 0 aliphatic carbocycles. The molecule has 0 radical (unpaired) electrons. The number of pyridine rings is 1. The van der Waals surface area contributed by atoms with Gasteiger partial charge in [0.25, 0.3) is 0 Å². The molecule has 2 aromatic heterocycles. The van der Waals surface area contributed by atoms with Crippen LogP contribution in [-0.2, 0) is 0 Å². The molecule has 1 saturated heterocycles. The summed E-state index contributed by atoms with van der Waals surface area (Å²) in [6.45, 7) is 11.4. The minimum Gasteiger partial charge on any atom is -0.369 e. The average Bonchev–Trinajstić information content (AvgIpc) is 3.01. The Morgan fingerprint density at radius 1 is 1.19 bits per heavy atom. The van der Waals surface area contributed by atoms with Gasteiger partial charge in [0, 0.05) is 50.3 Å². The van der Waals surface area contributed by atoms with Gasteiger partial charge in [0.05, 0.1) is 6.04 Å². The van der Waals surface area contributed by atoms with Crippen LogP contribution >= 0.6 is 0 Å². The first-order valence-corrected chi connectivity index (χ1v) is 9.57. The van der Waals surface area contributed by atoms with Crippen molar-refractivity contribution in [2.75, 3.05) is 31.1 Å². The van der Waals surface area contributed by atoms with E-state index in [1.54, 1.807) is 6.33 Å². The zero-order chi connectivity index (χ0) is 19.4. The Bertz CT molecular complexity index is 773. The molecular formula is C19H29N7O.